The highest BCUT2D eigenvalue weighted by molar-refractivity contribution is 5.93. The molecule has 0 radical (unpaired) electrons. The van der Waals surface area contributed by atoms with Crippen LogP contribution >= 0.6 is 0 Å². The van der Waals surface area contributed by atoms with E-state index in [1.54, 1.807) is 12.4 Å². The molecular weight excluding hydrogens is 298 g/mol. The number of nitrogens with one attached hydrogen (secondary N) is 1. The molecule has 0 saturated heterocycles. The van der Waals surface area contributed by atoms with E-state index in [2.05, 4.69) is 47.2 Å². The minimum Gasteiger partial charge on any atom is -0.324 e. The molecule has 1 aromatic carbocycles. The summed E-state index contributed by atoms with van der Waals surface area (Å²) in [4.78, 5) is 18.5. The summed E-state index contributed by atoms with van der Waals surface area (Å²) >= 11 is 0. The Labute approximate surface area is 144 Å². The number of hydrogen-bond acceptors (Lipinski definition) is 3. The third-order valence-electron chi connectivity index (χ3n) is 4.21. The van der Waals surface area contributed by atoms with Gasteiger partial charge in [-0.05, 0) is 55.1 Å². The normalized spacial score (nSPS) is 10.8. The van der Waals surface area contributed by atoms with Crippen molar-refractivity contribution in [1.82, 2.24) is 9.88 Å². The first-order valence-electron chi connectivity index (χ1n) is 8.62. The standard InChI is InChI=1S/C20H27N3O/c1-4-17-7-6-8-18(5-2)20(17)22-19(24)15-23(3)14-11-16-9-12-21-13-10-16/h6-10,12-13H,4-5,11,14-15H2,1-3H3,(H,22,24). The van der Waals surface area contributed by atoms with Crippen molar-refractivity contribution >= 4 is 11.6 Å². The maximum Gasteiger partial charge on any atom is 0.238 e. The van der Waals surface area contributed by atoms with E-state index in [4.69, 9.17) is 0 Å². The fourth-order valence-electron chi connectivity index (χ4n) is 2.78. The lowest BCUT2D eigenvalue weighted by Gasteiger charge is -2.18. The van der Waals surface area contributed by atoms with Crippen LogP contribution in [-0.2, 0) is 24.1 Å². The summed E-state index contributed by atoms with van der Waals surface area (Å²) in [5, 5.41) is 3.12. The van der Waals surface area contributed by atoms with Crippen molar-refractivity contribution in [2.24, 2.45) is 0 Å². The van der Waals surface area contributed by atoms with E-state index in [0.717, 1.165) is 31.5 Å². The lowest BCUT2D eigenvalue weighted by atomic mass is 10.0. The molecule has 0 saturated carbocycles. The number of aryl methyl sites for hydroxylation is 2. The van der Waals surface area contributed by atoms with Gasteiger partial charge in [0.25, 0.3) is 0 Å². The Bertz CT molecular complexity index is 633. The summed E-state index contributed by atoms with van der Waals surface area (Å²) < 4.78 is 0. The average molecular weight is 325 g/mol. The van der Waals surface area contributed by atoms with Crippen molar-refractivity contribution in [3.05, 3.63) is 59.4 Å². The first-order chi connectivity index (χ1) is 11.6. The Kier molecular flexibility index (Phi) is 6.94. The molecule has 1 aromatic heterocycles. The highest BCUT2D eigenvalue weighted by Crippen LogP contribution is 2.22. The molecule has 24 heavy (non-hydrogen) atoms. The fraction of sp³-hybridized carbons (Fsp3) is 0.400. The molecule has 4 heteroatoms. The molecule has 0 unspecified atom stereocenters. The van der Waals surface area contributed by atoms with Crippen molar-refractivity contribution in [2.45, 2.75) is 33.1 Å². The second-order valence-electron chi connectivity index (χ2n) is 6.05. The van der Waals surface area contributed by atoms with Crippen LogP contribution in [0.4, 0.5) is 5.69 Å². The number of likely N-dealkylation sites (N-methyl/N-ethyl adjacent to an activating group) is 1. The first kappa shape index (κ1) is 18.1. The van der Waals surface area contributed by atoms with Crippen LogP contribution in [0.25, 0.3) is 0 Å². The summed E-state index contributed by atoms with van der Waals surface area (Å²) in [5.74, 6) is 0.0443. The Morgan fingerprint density at radius 3 is 2.29 bits per heavy atom. The van der Waals surface area contributed by atoms with Crippen molar-refractivity contribution in [2.75, 3.05) is 25.5 Å². The molecule has 0 aliphatic carbocycles. The number of benzene rings is 1. The summed E-state index contributed by atoms with van der Waals surface area (Å²) in [6.45, 7) is 5.47. The van der Waals surface area contributed by atoms with Gasteiger partial charge in [0, 0.05) is 24.6 Å². The predicted octanol–water partition coefficient (Wildman–Crippen LogP) is 3.32. The number of pyridine rings is 1. The molecule has 1 heterocycles. The topological polar surface area (TPSA) is 45.2 Å². The Morgan fingerprint density at radius 2 is 1.71 bits per heavy atom. The van der Waals surface area contributed by atoms with Crippen LogP contribution in [0.3, 0.4) is 0 Å². The molecular formula is C20H27N3O. The molecule has 0 aliphatic rings. The van der Waals surface area contributed by atoms with Gasteiger partial charge in [0.05, 0.1) is 6.54 Å². The summed E-state index contributed by atoms with van der Waals surface area (Å²) in [6, 6.07) is 10.3. The third kappa shape index (κ3) is 5.17. The summed E-state index contributed by atoms with van der Waals surface area (Å²) in [7, 11) is 1.98. The van der Waals surface area contributed by atoms with Gasteiger partial charge in [-0.15, -0.1) is 0 Å². The van der Waals surface area contributed by atoms with Gasteiger partial charge < -0.3 is 5.32 Å². The monoisotopic (exact) mass is 325 g/mol. The zero-order chi connectivity index (χ0) is 17.4. The molecule has 2 aromatic rings. The van der Waals surface area contributed by atoms with E-state index < -0.39 is 0 Å². The van der Waals surface area contributed by atoms with E-state index in [0.29, 0.717) is 6.54 Å². The van der Waals surface area contributed by atoms with Gasteiger partial charge in [-0.3, -0.25) is 14.7 Å². The van der Waals surface area contributed by atoms with E-state index in [9.17, 15) is 4.79 Å². The highest BCUT2D eigenvalue weighted by atomic mass is 16.2. The summed E-state index contributed by atoms with van der Waals surface area (Å²) in [6.07, 6.45) is 6.35. The summed E-state index contributed by atoms with van der Waals surface area (Å²) in [5.41, 5.74) is 4.63. The Hall–Kier alpha value is -2.20. The minimum atomic E-state index is 0.0443. The van der Waals surface area contributed by atoms with Gasteiger partial charge in [0.15, 0.2) is 0 Å². The van der Waals surface area contributed by atoms with Crippen molar-refractivity contribution in [3.63, 3.8) is 0 Å². The number of carbonyl (C=O) groups is 1. The number of aromatic nitrogens is 1. The largest absolute Gasteiger partial charge is 0.324 e. The lowest BCUT2D eigenvalue weighted by Crippen LogP contribution is -2.32. The second kappa shape index (κ2) is 9.18. The second-order valence-corrected chi connectivity index (χ2v) is 6.05. The zero-order valence-electron chi connectivity index (χ0n) is 14.9. The zero-order valence-corrected chi connectivity index (χ0v) is 14.9. The van der Waals surface area contributed by atoms with Crippen molar-refractivity contribution < 1.29 is 4.79 Å². The van der Waals surface area contributed by atoms with Crippen LogP contribution in [0.1, 0.15) is 30.5 Å². The van der Waals surface area contributed by atoms with Gasteiger partial charge >= 0.3 is 0 Å². The Morgan fingerprint density at radius 1 is 1.08 bits per heavy atom. The molecule has 0 spiro atoms. The molecule has 0 fully saturated rings. The van der Waals surface area contributed by atoms with Crippen LogP contribution in [0.2, 0.25) is 0 Å². The number of hydrogen-bond donors (Lipinski definition) is 1. The number of carbonyl (C=O) groups excluding carboxylic acids is 1. The third-order valence-corrected chi connectivity index (χ3v) is 4.21. The van der Waals surface area contributed by atoms with E-state index in [1.807, 2.05) is 19.2 Å². The maximum absolute atomic E-state index is 12.4. The molecule has 1 N–H and O–H groups in total. The number of anilines is 1. The van der Waals surface area contributed by atoms with Crippen molar-refractivity contribution in [1.29, 1.82) is 0 Å². The lowest BCUT2D eigenvalue weighted by molar-refractivity contribution is -0.117. The molecule has 0 bridgehead atoms. The van der Waals surface area contributed by atoms with Crippen LogP contribution in [-0.4, -0.2) is 35.9 Å². The number of rotatable bonds is 8. The smallest absolute Gasteiger partial charge is 0.238 e. The van der Waals surface area contributed by atoms with E-state index >= 15 is 0 Å². The average Bonchev–Trinajstić information content (AvgIpc) is 2.61. The highest BCUT2D eigenvalue weighted by Gasteiger charge is 2.12. The predicted molar refractivity (Wildman–Crippen MR) is 99.3 cm³/mol. The van der Waals surface area contributed by atoms with E-state index in [-0.39, 0.29) is 5.91 Å². The number of nitrogens with zero attached hydrogens (tertiary/aromatic N) is 2. The van der Waals surface area contributed by atoms with Crippen LogP contribution in [0.5, 0.6) is 0 Å². The van der Waals surface area contributed by atoms with Gasteiger partial charge in [-0.2, -0.15) is 0 Å². The minimum absolute atomic E-state index is 0.0443. The fourth-order valence-corrected chi connectivity index (χ4v) is 2.78. The SMILES string of the molecule is CCc1cccc(CC)c1NC(=O)CN(C)CCc1ccncc1. The van der Waals surface area contributed by atoms with E-state index in [1.165, 1.54) is 16.7 Å². The maximum atomic E-state index is 12.4. The molecule has 128 valence electrons. The van der Waals surface area contributed by atoms with Gasteiger partial charge in [-0.1, -0.05) is 32.0 Å². The number of para-hydroxylation sites is 1. The molecule has 0 atom stereocenters. The quantitative estimate of drug-likeness (QED) is 0.810. The number of amides is 1. The van der Waals surface area contributed by atoms with Crippen molar-refractivity contribution in [3.8, 4) is 0 Å². The molecule has 2 rings (SSSR count). The van der Waals surface area contributed by atoms with Crippen LogP contribution in [0, 0.1) is 0 Å². The van der Waals surface area contributed by atoms with Crippen LogP contribution in [0.15, 0.2) is 42.7 Å². The van der Waals surface area contributed by atoms with Gasteiger partial charge in [0.2, 0.25) is 5.91 Å². The van der Waals surface area contributed by atoms with Gasteiger partial charge in [-0.25, -0.2) is 0 Å². The molecule has 1 amide bonds. The van der Waals surface area contributed by atoms with Crippen LogP contribution < -0.4 is 5.32 Å². The molecule has 0 aliphatic heterocycles. The first-order valence-corrected chi connectivity index (χ1v) is 8.62. The Balaban J connectivity index is 1.91. The van der Waals surface area contributed by atoms with Gasteiger partial charge in [0.1, 0.15) is 0 Å². The molecule has 4 nitrogen and oxygen atoms in total.